The molecule has 0 radical (unpaired) electrons. The number of hydrogen-bond acceptors (Lipinski definition) is 4. The van der Waals surface area contributed by atoms with Gasteiger partial charge < -0.3 is 20.1 Å². The van der Waals surface area contributed by atoms with Crippen molar-refractivity contribution in [2.45, 2.75) is 66.2 Å². The monoisotopic (exact) mass is 468 g/mol. The Hall–Kier alpha value is -3.02. The van der Waals surface area contributed by atoms with Crippen LogP contribution in [0.25, 0.3) is 0 Å². The minimum Gasteiger partial charge on any atom is -0.484 e. The summed E-state index contributed by atoms with van der Waals surface area (Å²) in [5.74, 6) is 1.28. The van der Waals surface area contributed by atoms with Gasteiger partial charge in [-0.15, -0.1) is 0 Å². The molecule has 34 heavy (non-hydrogen) atoms. The smallest absolute Gasteiger partial charge is 0.257 e. The van der Waals surface area contributed by atoms with Crippen molar-refractivity contribution >= 4 is 11.8 Å². The molecule has 0 bridgehead atoms. The molecule has 0 saturated heterocycles. The topological polar surface area (TPSA) is 76.7 Å². The molecule has 0 aliphatic carbocycles. The van der Waals surface area contributed by atoms with Crippen LogP contribution in [-0.4, -0.2) is 38.1 Å². The summed E-state index contributed by atoms with van der Waals surface area (Å²) < 4.78 is 11.1. The Morgan fingerprint density at radius 3 is 1.35 bits per heavy atom. The molecule has 2 N–H and O–H groups in total. The summed E-state index contributed by atoms with van der Waals surface area (Å²) in [7, 11) is 0. The van der Waals surface area contributed by atoms with Crippen molar-refractivity contribution in [3.63, 3.8) is 0 Å². The van der Waals surface area contributed by atoms with Gasteiger partial charge in [0.1, 0.15) is 11.5 Å². The first-order valence-corrected chi connectivity index (χ1v) is 12.3. The van der Waals surface area contributed by atoms with Crippen LogP contribution in [0.15, 0.2) is 36.4 Å². The number of rotatable bonds is 15. The minimum atomic E-state index is -0.0875. The van der Waals surface area contributed by atoms with Crippen LogP contribution < -0.4 is 20.1 Å². The molecule has 2 aromatic rings. The van der Waals surface area contributed by atoms with Crippen molar-refractivity contribution in [3.05, 3.63) is 58.7 Å². The van der Waals surface area contributed by atoms with Gasteiger partial charge in [0.05, 0.1) is 0 Å². The van der Waals surface area contributed by atoms with E-state index in [4.69, 9.17) is 9.47 Å². The summed E-state index contributed by atoms with van der Waals surface area (Å²) in [6, 6.07) is 11.7. The van der Waals surface area contributed by atoms with Crippen LogP contribution in [0.4, 0.5) is 0 Å². The zero-order valence-corrected chi connectivity index (χ0v) is 21.2. The third-order valence-electron chi connectivity index (χ3n) is 5.94. The molecular formula is C28H40N2O4. The average Bonchev–Trinajstić information content (AvgIpc) is 2.81. The fourth-order valence-corrected chi connectivity index (χ4v) is 3.42. The van der Waals surface area contributed by atoms with E-state index >= 15 is 0 Å². The first kappa shape index (κ1) is 27.2. The molecule has 2 rings (SSSR count). The van der Waals surface area contributed by atoms with Crippen LogP contribution in [0.2, 0.25) is 0 Å². The second kappa shape index (κ2) is 15.0. The lowest BCUT2D eigenvalue weighted by atomic mass is 10.1. The average molecular weight is 469 g/mol. The van der Waals surface area contributed by atoms with Gasteiger partial charge >= 0.3 is 0 Å². The number of carbonyl (C=O) groups excluding carboxylic acids is 2. The van der Waals surface area contributed by atoms with Crippen LogP contribution in [0.5, 0.6) is 11.5 Å². The molecule has 0 spiro atoms. The highest BCUT2D eigenvalue weighted by molar-refractivity contribution is 5.77. The summed E-state index contributed by atoms with van der Waals surface area (Å²) >= 11 is 0. The number of amides is 2. The molecule has 6 heteroatoms. The predicted molar refractivity (Wildman–Crippen MR) is 137 cm³/mol. The number of unbranched alkanes of at least 4 members (excludes halogenated alkanes) is 5. The molecule has 2 amide bonds. The number of aryl methyl sites for hydroxylation is 4. The van der Waals surface area contributed by atoms with Crippen molar-refractivity contribution in [2.75, 3.05) is 26.3 Å². The molecular weight excluding hydrogens is 428 g/mol. The zero-order valence-electron chi connectivity index (χ0n) is 21.2. The molecule has 0 fully saturated rings. The van der Waals surface area contributed by atoms with Gasteiger partial charge in [0.2, 0.25) is 0 Å². The SMILES string of the molecule is Cc1ccc(OCC(=O)NCCCCCCCCNC(=O)COc2ccc(C)c(C)c2)cc1C. The zero-order chi connectivity index (χ0) is 24.8. The van der Waals surface area contributed by atoms with Gasteiger partial charge in [-0.05, 0) is 87.1 Å². The van der Waals surface area contributed by atoms with E-state index in [9.17, 15) is 9.59 Å². The Bertz CT molecular complexity index is 851. The van der Waals surface area contributed by atoms with Gasteiger partial charge in [0, 0.05) is 13.1 Å². The van der Waals surface area contributed by atoms with Crippen LogP contribution in [0.1, 0.15) is 60.8 Å². The first-order valence-electron chi connectivity index (χ1n) is 12.3. The molecule has 0 heterocycles. The normalized spacial score (nSPS) is 10.6. The van der Waals surface area contributed by atoms with Crippen molar-refractivity contribution in [1.29, 1.82) is 0 Å². The second-order valence-corrected chi connectivity index (χ2v) is 8.89. The third kappa shape index (κ3) is 10.7. The van der Waals surface area contributed by atoms with Crippen molar-refractivity contribution < 1.29 is 19.1 Å². The Kier molecular flexibility index (Phi) is 12.0. The summed E-state index contributed by atoms with van der Waals surface area (Å²) in [5, 5.41) is 5.82. The van der Waals surface area contributed by atoms with Crippen molar-refractivity contribution in [2.24, 2.45) is 0 Å². The third-order valence-corrected chi connectivity index (χ3v) is 5.94. The highest BCUT2D eigenvalue weighted by Gasteiger charge is 2.05. The quantitative estimate of drug-likeness (QED) is 0.363. The fourth-order valence-electron chi connectivity index (χ4n) is 3.42. The van der Waals surface area contributed by atoms with Gasteiger partial charge in [0.25, 0.3) is 11.8 Å². The van der Waals surface area contributed by atoms with E-state index in [1.807, 2.05) is 50.2 Å². The highest BCUT2D eigenvalue weighted by Crippen LogP contribution is 2.17. The molecule has 0 atom stereocenters. The van der Waals surface area contributed by atoms with Gasteiger partial charge in [-0.2, -0.15) is 0 Å². The Labute approximate surface area is 204 Å². The second-order valence-electron chi connectivity index (χ2n) is 8.89. The minimum absolute atomic E-state index is 0.0456. The van der Waals surface area contributed by atoms with E-state index in [0.29, 0.717) is 13.1 Å². The molecule has 0 unspecified atom stereocenters. The van der Waals surface area contributed by atoms with E-state index in [-0.39, 0.29) is 25.0 Å². The van der Waals surface area contributed by atoms with Crippen molar-refractivity contribution in [3.8, 4) is 11.5 Å². The maximum absolute atomic E-state index is 11.9. The highest BCUT2D eigenvalue weighted by atomic mass is 16.5. The molecule has 6 nitrogen and oxygen atoms in total. The number of hydrogen-bond donors (Lipinski definition) is 2. The lowest BCUT2D eigenvalue weighted by Crippen LogP contribution is -2.29. The largest absolute Gasteiger partial charge is 0.484 e. The number of ether oxygens (including phenoxy) is 2. The molecule has 0 aliphatic heterocycles. The summed E-state index contributed by atoms with van der Waals surface area (Å²) in [6.07, 6.45) is 6.32. The van der Waals surface area contributed by atoms with Crippen molar-refractivity contribution in [1.82, 2.24) is 10.6 Å². The molecule has 0 saturated carbocycles. The lowest BCUT2D eigenvalue weighted by Gasteiger charge is -2.09. The summed E-state index contributed by atoms with van der Waals surface area (Å²) in [5.41, 5.74) is 4.73. The molecule has 186 valence electrons. The van der Waals surface area contributed by atoms with Gasteiger partial charge in [-0.25, -0.2) is 0 Å². The van der Waals surface area contributed by atoms with E-state index in [1.165, 1.54) is 11.1 Å². The van der Waals surface area contributed by atoms with E-state index in [0.717, 1.165) is 61.2 Å². The van der Waals surface area contributed by atoms with Crippen LogP contribution in [-0.2, 0) is 9.59 Å². The predicted octanol–water partition coefficient (Wildman–Crippen LogP) is 4.95. The molecule has 2 aromatic carbocycles. The van der Waals surface area contributed by atoms with Crippen LogP contribution in [0.3, 0.4) is 0 Å². The van der Waals surface area contributed by atoms with Crippen LogP contribution >= 0.6 is 0 Å². The van der Waals surface area contributed by atoms with Gasteiger partial charge in [-0.1, -0.05) is 37.8 Å². The number of carbonyl (C=O) groups is 2. The Balaban J connectivity index is 1.40. The summed E-state index contributed by atoms with van der Waals surface area (Å²) in [6.45, 7) is 9.59. The lowest BCUT2D eigenvalue weighted by molar-refractivity contribution is -0.123. The standard InChI is InChI=1S/C28H40N2O4/c1-21-11-13-25(17-23(21)3)33-19-27(31)29-15-9-7-5-6-8-10-16-30-28(32)20-34-26-14-12-22(2)24(4)18-26/h11-14,17-18H,5-10,15-16,19-20H2,1-4H3,(H,29,31)(H,30,32). The first-order chi connectivity index (χ1) is 16.3. The molecule has 0 aromatic heterocycles. The van der Waals surface area contributed by atoms with E-state index in [1.54, 1.807) is 0 Å². The molecule has 0 aliphatic rings. The Morgan fingerprint density at radius 2 is 0.971 bits per heavy atom. The van der Waals surface area contributed by atoms with E-state index < -0.39 is 0 Å². The maximum Gasteiger partial charge on any atom is 0.257 e. The fraction of sp³-hybridized carbons (Fsp3) is 0.500. The van der Waals surface area contributed by atoms with E-state index in [2.05, 4.69) is 24.5 Å². The maximum atomic E-state index is 11.9. The Morgan fingerprint density at radius 1 is 0.588 bits per heavy atom. The van der Waals surface area contributed by atoms with Gasteiger partial charge in [-0.3, -0.25) is 9.59 Å². The number of nitrogens with one attached hydrogen (secondary N) is 2. The number of benzene rings is 2. The van der Waals surface area contributed by atoms with Gasteiger partial charge in [0.15, 0.2) is 13.2 Å². The summed E-state index contributed by atoms with van der Waals surface area (Å²) in [4.78, 5) is 23.8. The van der Waals surface area contributed by atoms with Crippen LogP contribution in [0, 0.1) is 27.7 Å².